The summed E-state index contributed by atoms with van der Waals surface area (Å²) < 4.78 is 0. The predicted molar refractivity (Wildman–Crippen MR) is 151 cm³/mol. The van der Waals surface area contributed by atoms with E-state index in [1.54, 1.807) is 12.1 Å². The van der Waals surface area contributed by atoms with Gasteiger partial charge in [-0.05, 0) is 54.2 Å². The van der Waals surface area contributed by atoms with Crippen LogP contribution >= 0.6 is 23.1 Å². The minimum atomic E-state index is -0.356. The number of thioether (sulfide) groups is 1. The quantitative estimate of drug-likeness (QED) is 0.307. The van der Waals surface area contributed by atoms with Crippen LogP contribution in [-0.2, 0) is 17.6 Å². The molecule has 2 unspecified atom stereocenters. The zero-order valence-electron chi connectivity index (χ0n) is 22.4. The van der Waals surface area contributed by atoms with E-state index in [1.165, 1.54) is 28.0 Å². The zero-order chi connectivity index (χ0) is 27.4. The van der Waals surface area contributed by atoms with Crippen LogP contribution in [0.2, 0.25) is 0 Å². The number of hydrogen-bond donors (Lipinski definition) is 3. The van der Waals surface area contributed by atoms with Crippen LogP contribution in [0.1, 0.15) is 79.3 Å². The number of H-pyrrole nitrogens is 1. The van der Waals surface area contributed by atoms with Gasteiger partial charge in [0, 0.05) is 10.4 Å². The van der Waals surface area contributed by atoms with E-state index in [-0.39, 0.29) is 34.9 Å². The number of nitriles is 1. The average Bonchev–Trinajstić information content (AvgIpc) is 3.49. The minimum absolute atomic E-state index is 0.0731. The van der Waals surface area contributed by atoms with Crippen molar-refractivity contribution in [2.75, 3.05) is 11.1 Å². The van der Waals surface area contributed by atoms with Crippen molar-refractivity contribution < 1.29 is 9.59 Å². The lowest BCUT2D eigenvalue weighted by Crippen LogP contribution is -2.32. The molecule has 4 rings (SSSR count). The third-order valence-corrected chi connectivity index (χ3v) is 8.97. The summed E-state index contributed by atoms with van der Waals surface area (Å²) in [5.74, 6) is 0.892. The van der Waals surface area contributed by atoms with E-state index >= 15 is 0 Å². The number of amides is 2. The number of fused-ring (bicyclic) bond motifs is 1. The van der Waals surface area contributed by atoms with Gasteiger partial charge in [-0.25, -0.2) is 4.98 Å². The summed E-state index contributed by atoms with van der Waals surface area (Å²) in [6.07, 6.45) is 2.88. The fourth-order valence-electron chi connectivity index (χ4n) is 4.65. The molecule has 0 aliphatic heterocycles. The van der Waals surface area contributed by atoms with Crippen molar-refractivity contribution in [3.63, 3.8) is 0 Å². The van der Waals surface area contributed by atoms with Crippen molar-refractivity contribution in [2.24, 2.45) is 17.3 Å². The van der Waals surface area contributed by atoms with Crippen LogP contribution in [0.4, 0.5) is 5.00 Å². The number of hydrogen-bond acceptors (Lipinski definition) is 7. The molecule has 1 aliphatic carbocycles. The van der Waals surface area contributed by atoms with Gasteiger partial charge >= 0.3 is 0 Å². The molecule has 2 aromatic heterocycles. The molecule has 0 saturated carbocycles. The number of aromatic nitrogens is 3. The third kappa shape index (κ3) is 6.45. The first-order chi connectivity index (χ1) is 18.1. The standard InChI is InChI=1S/C28H34N6O2S2/c1-16(2)23(31-25(36)17-9-7-6-8-10-17)24-32-27(34-33-24)37-15-22(35)30-26-20(14-29)19-12-11-18(28(3,4)5)13-21(19)38-26/h6-10,16,18,23H,11-13,15H2,1-5H3,(H,30,35)(H,31,36)(H,32,33,34). The fraction of sp³-hybridized carbons (Fsp3) is 0.464. The number of nitrogens with one attached hydrogen (secondary N) is 3. The molecule has 10 heteroatoms. The summed E-state index contributed by atoms with van der Waals surface area (Å²) in [5.41, 5.74) is 2.48. The number of benzene rings is 1. The Morgan fingerprint density at radius 1 is 1.26 bits per heavy atom. The van der Waals surface area contributed by atoms with Gasteiger partial charge in [0.1, 0.15) is 16.9 Å². The summed E-state index contributed by atoms with van der Waals surface area (Å²) in [6, 6.07) is 11.0. The number of carbonyl (C=O) groups is 2. The highest BCUT2D eigenvalue weighted by Gasteiger charge is 2.32. The monoisotopic (exact) mass is 550 g/mol. The van der Waals surface area contributed by atoms with Gasteiger partial charge in [0.15, 0.2) is 0 Å². The summed E-state index contributed by atoms with van der Waals surface area (Å²) in [5, 5.41) is 24.0. The number of aromatic amines is 1. The first-order valence-electron chi connectivity index (χ1n) is 12.8. The molecule has 0 saturated heterocycles. The van der Waals surface area contributed by atoms with Crippen molar-refractivity contribution in [2.45, 2.75) is 65.1 Å². The Hall–Kier alpha value is -3.16. The lowest BCUT2D eigenvalue weighted by molar-refractivity contribution is -0.113. The molecule has 8 nitrogen and oxygen atoms in total. The molecule has 2 heterocycles. The Bertz CT molecular complexity index is 1330. The lowest BCUT2D eigenvalue weighted by Gasteiger charge is -2.33. The van der Waals surface area contributed by atoms with Crippen LogP contribution < -0.4 is 10.6 Å². The Morgan fingerprint density at radius 3 is 2.66 bits per heavy atom. The molecule has 0 fully saturated rings. The topological polar surface area (TPSA) is 124 Å². The largest absolute Gasteiger partial charge is 0.342 e. The first-order valence-corrected chi connectivity index (χ1v) is 14.6. The molecule has 200 valence electrons. The van der Waals surface area contributed by atoms with Gasteiger partial charge in [-0.1, -0.05) is 64.6 Å². The average molecular weight is 551 g/mol. The molecular weight excluding hydrogens is 516 g/mol. The van der Waals surface area contributed by atoms with E-state index in [0.29, 0.717) is 33.0 Å². The van der Waals surface area contributed by atoms with Crippen LogP contribution in [0.3, 0.4) is 0 Å². The molecule has 1 aromatic carbocycles. The molecule has 0 spiro atoms. The van der Waals surface area contributed by atoms with Crippen LogP contribution in [-0.4, -0.2) is 32.7 Å². The highest BCUT2D eigenvalue weighted by Crippen LogP contribution is 2.44. The van der Waals surface area contributed by atoms with E-state index in [2.05, 4.69) is 52.7 Å². The maximum Gasteiger partial charge on any atom is 0.251 e. The van der Waals surface area contributed by atoms with Gasteiger partial charge < -0.3 is 10.6 Å². The molecule has 38 heavy (non-hydrogen) atoms. The van der Waals surface area contributed by atoms with Crippen LogP contribution in [0.25, 0.3) is 0 Å². The van der Waals surface area contributed by atoms with Gasteiger partial charge in [-0.15, -0.1) is 16.4 Å². The number of carbonyl (C=O) groups excluding carboxylic acids is 2. The Kier molecular flexibility index (Phi) is 8.58. The lowest BCUT2D eigenvalue weighted by atomic mass is 9.72. The van der Waals surface area contributed by atoms with Gasteiger partial charge in [0.2, 0.25) is 11.1 Å². The van der Waals surface area contributed by atoms with Gasteiger partial charge in [-0.3, -0.25) is 14.7 Å². The van der Waals surface area contributed by atoms with Crippen molar-refractivity contribution in [1.82, 2.24) is 20.5 Å². The number of anilines is 1. The van der Waals surface area contributed by atoms with Crippen molar-refractivity contribution in [3.8, 4) is 6.07 Å². The van der Waals surface area contributed by atoms with Crippen molar-refractivity contribution >= 4 is 39.9 Å². The smallest absolute Gasteiger partial charge is 0.251 e. The maximum absolute atomic E-state index is 12.8. The number of nitrogens with zero attached hydrogens (tertiary/aromatic N) is 3. The summed E-state index contributed by atoms with van der Waals surface area (Å²) in [4.78, 5) is 31.2. The molecule has 3 aromatic rings. The molecular formula is C28H34N6O2S2. The first kappa shape index (κ1) is 27.9. The van der Waals surface area contributed by atoms with Crippen LogP contribution in [0.5, 0.6) is 0 Å². The van der Waals surface area contributed by atoms with Crippen molar-refractivity contribution in [1.29, 1.82) is 5.26 Å². The summed E-state index contributed by atoms with van der Waals surface area (Å²) in [7, 11) is 0. The van der Waals surface area contributed by atoms with Gasteiger partial charge in [0.05, 0.1) is 17.4 Å². The van der Waals surface area contributed by atoms with E-state index in [4.69, 9.17) is 0 Å². The number of thiophene rings is 1. The molecule has 0 bridgehead atoms. The van der Waals surface area contributed by atoms with Gasteiger partial charge in [0.25, 0.3) is 5.91 Å². The Balaban J connectivity index is 1.37. The SMILES string of the molecule is CC(C)C(NC(=O)c1ccccc1)c1nc(SCC(=O)Nc2sc3c(c2C#N)CCC(C(C)(C)C)C3)n[nH]1. The normalized spacial score (nSPS) is 16.0. The van der Waals surface area contributed by atoms with Crippen LogP contribution in [0, 0.1) is 28.6 Å². The Labute approximate surface area is 232 Å². The molecule has 0 radical (unpaired) electrons. The summed E-state index contributed by atoms with van der Waals surface area (Å²) in [6.45, 7) is 10.8. The highest BCUT2D eigenvalue weighted by molar-refractivity contribution is 7.99. The van der Waals surface area contributed by atoms with E-state index in [9.17, 15) is 14.9 Å². The second-order valence-electron chi connectivity index (χ2n) is 11.0. The molecule has 2 amide bonds. The highest BCUT2D eigenvalue weighted by atomic mass is 32.2. The molecule has 2 atom stereocenters. The van der Waals surface area contributed by atoms with E-state index < -0.39 is 0 Å². The number of rotatable bonds is 8. The summed E-state index contributed by atoms with van der Waals surface area (Å²) >= 11 is 2.74. The van der Waals surface area contributed by atoms with E-state index in [1.807, 2.05) is 32.0 Å². The van der Waals surface area contributed by atoms with E-state index in [0.717, 1.165) is 24.8 Å². The Morgan fingerprint density at radius 2 is 2.00 bits per heavy atom. The van der Waals surface area contributed by atoms with Gasteiger partial charge in [-0.2, -0.15) is 5.26 Å². The van der Waals surface area contributed by atoms with Crippen LogP contribution in [0.15, 0.2) is 35.5 Å². The minimum Gasteiger partial charge on any atom is -0.342 e. The zero-order valence-corrected chi connectivity index (χ0v) is 24.1. The second kappa shape index (κ2) is 11.7. The molecule has 3 N–H and O–H groups in total. The second-order valence-corrected chi connectivity index (χ2v) is 13.1. The fourth-order valence-corrected chi connectivity index (χ4v) is 6.55. The molecule has 1 aliphatic rings. The third-order valence-electron chi connectivity index (χ3n) is 6.95. The van der Waals surface area contributed by atoms with Crippen molar-refractivity contribution in [3.05, 3.63) is 57.7 Å². The maximum atomic E-state index is 12.8. The predicted octanol–water partition coefficient (Wildman–Crippen LogP) is 5.75.